The van der Waals surface area contributed by atoms with E-state index in [0.29, 0.717) is 34.8 Å². The second-order valence-corrected chi connectivity index (χ2v) is 11.4. The first-order chi connectivity index (χ1) is 20.5. The van der Waals surface area contributed by atoms with Crippen LogP contribution in [-0.2, 0) is 16.1 Å². The molecule has 1 heterocycles. The highest BCUT2D eigenvalue weighted by molar-refractivity contribution is 8.00. The smallest absolute Gasteiger partial charge is 0.355 e. The Labute approximate surface area is 251 Å². The number of carbonyl (C=O) groups excluding carboxylic acids is 2. The molecule has 0 aliphatic carbocycles. The molecule has 2 N–H and O–H groups in total. The van der Waals surface area contributed by atoms with Crippen molar-refractivity contribution >= 4 is 23.6 Å². The van der Waals surface area contributed by atoms with Gasteiger partial charge in [-0.15, -0.1) is 11.8 Å². The molecule has 0 saturated carbocycles. The Morgan fingerprint density at radius 3 is 1.71 bits per heavy atom. The van der Waals surface area contributed by atoms with E-state index in [-0.39, 0.29) is 12.5 Å². The van der Waals surface area contributed by atoms with Gasteiger partial charge in [0.05, 0.1) is 10.3 Å². The maximum atomic E-state index is 13.3. The second-order valence-electron chi connectivity index (χ2n) is 10.1. The van der Waals surface area contributed by atoms with E-state index in [2.05, 4.69) is 83.1 Å². The monoisotopic (exact) mass is 574 g/mol. The first-order valence-corrected chi connectivity index (χ1v) is 15.0. The largest absolute Gasteiger partial charge is 0.456 e. The third-order valence-corrected chi connectivity index (χ3v) is 8.88. The van der Waals surface area contributed by atoms with Crippen molar-refractivity contribution in [2.45, 2.75) is 25.2 Å². The lowest BCUT2D eigenvalue weighted by molar-refractivity contribution is 0.0465. The van der Waals surface area contributed by atoms with Crippen LogP contribution in [0, 0.1) is 13.8 Å². The molecule has 0 spiro atoms. The van der Waals surface area contributed by atoms with Crippen LogP contribution in [0.15, 0.2) is 121 Å². The minimum atomic E-state index is -0.479. The van der Waals surface area contributed by atoms with Gasteiger partial charge in [0.2, 0.25) is 0 Å². The topological polar surface area (TPSA) is 71.2 Å². The summed E-state index contributed by atoms with van der Waals surface area (Å²) in [4.78, 5) is 29.2. The molecule has 0 radical (unpaired) electrons. The fourth-order valence-electron chi connectivity index (χ4n) is 5.32. The summed E-state index contributed by atoms with van der Waals surface area (Å²) in [7, 11) is 0. The van der Waals surface area contributed by atoms with Crippen LogP contribution < -0.4 is 5.32 Å². The standard InChI is InChI=1S/C36H34N2O3S/c1-26-32(27(2)38-33(26)35(40)41-25-28-15-7-3-8-16-28)34(39)37-23-24-42-36(29-17-9-4-10-18-29,30-19-11-5-12-20-30)31-21-13-6-14-22-31/h3-22,38H,23-25H2,1-2H3,(H,37,39). The van der Waals surface area contributed by atoms with Crippen molar-refractivity contribution in [3.8, 4) is 0 Å². The number of carbonyl (C=O) groups is 2. The molecule has 0 fully saturated rings. The summed E-state index contributed by atoms with van der Waals surface area (Å²) in [6, 6.07) is 41.0. The number of hydrogen-bond acceptors (Lipinski definition) is 4. The molecule has 0 saturated heterocycles. The zero-order chi connectivity index (χ0) is 29.4. The number of nitrogens with one attached hydrogen (secondary N) is 2. The third kappa shape index (κ3) is 6.19. The minimum Gasteiger partial charge on any atom is -0.456 e. The van der Waals surface area contributed by atoms with Crippen molar-refractivity contribution in [2.24, 2.45) is 0 Å². The van der Waals surface area contributed by atoms with E-state index in [1.165, 1.54) is 16.7 Å². The van der Waals surface area contributed by atoms with Gasteiger partial charge in [-0.25, -0.2) is 4.79 Å². The number of thioether (sulfide) groups is 1. The number of aromatic nitrogens is 1. The van der Waals surface area contributed by atoms with Crippen LogP contribution in [0.4, 0.5) is 0 Å². The second kappa shape index (κ2) is 13.4. The maximum Gasteiger partial charge on any atom is 0.355 e. The Hall–Kier alpha value is -4.55. The Morgan fingerprint density at radius 1 is 0.738 bits per heavy atom. The molecule has 0 aliphatic rings. The molecule has 5 aromatic rings. The summed E-state index contributed by atoms with van der Waals surface area (Å²) < 4.78 is 5.05. The Balaban J connectivity index is 1.31. The Morgan fingerprint density at radius 2 is 1.21 bits per heavy atom. The van der Waals surface area contributed by atoms with Gasteiger partial charge in [-0.05, 0) is 41.7 Å². The Bertz CT molecular complexity index is 1520. The van der Waals surface area contributed by atoms with Crippen molar-refractivity contribution in [1.29, 1.82) is 0 Å². The van der Waals surface area contributed by atoms with Crippen molar-refractivity contribution in [3.63, 3.8) is 0 Å². The molecule has 212 valence electrons. The normalized spacial score (nSPS) is 11.2. The first-order valence-electron chi connectivity index (χ1n) is 14.0. The van der Waals surface area contributed by atoms with Crippen molar-refractivity contribution in [3.05, 3.63) is 166 Å². The van der Waals surface area contributed by atoms with Crippen LogP contribution in [0.5, 0.6) is 0 Å². The van der Waals surface area contributed by atoms with E-state index < -0.39 is 10.7 Å². The van der Waals surface area contributed by atoms with Gasteiger partial charge < -0.3 is 15.0 Å². The van der Waals surface area contributed by atoms with Gasteiger partial charge in [-0.2, -0.15) is 0 Å². The van der Waals surface area contributed by atoms with Gasteiger partial charge in [0.1, 0.15) is 12.3 Å². The lowest BCUT2D eigenvalue weighted by Crippen LogP contribution is -2.30. The zero-order valence-corrected chi connectivity index (χ0v) is 24.6. The van der Waals surface area contributed by atoms with Crippen molar-refractivity contribution in [2.75, 3.05) is 12.3 Å². The highest BCUT2D eigenvalue weighted by atomic mass is 32.2. The maximum absolute atomic E-state index is 13.3. The molecule has 0 bridgehead atoms. The van der Waals surface area contributed by atoms with Gasteiger partial charge in [0.25, 0.3) is 5.91 Å². The average molecular weight is 575 g/mol. The van der Waals surface area contributed by atoms with Gasteiger partial charge in [-0.3, -0.25) is 4.79 Å². The van der Waals surface area contributed by atoms with Gasteiger partial charge in [0.15, 0.2) is 0 Å². The summed E-state index contributed by atoms with van der Waals surface area (Å²) in [5.41, 5.74) is 6.43. The van der Waals surface area contributed by atoms with E-state index in [1.807, 2.05) is 48.5 Å². The van der Waals surface area contributed by atoms with Crippen LogP contribution in [0.2, 0.25) is 0 Å². The number of rotatable bonds is 11. The molecule has 5 rings (SSSR count). The molecular weight excluding hydrogens is 540 g/mol. The SMILES string of the molecule is Cc1[nH]c(C(=O)OCc2ccccc2)c(C)c1C(=O)NCCSC(c1ccccc1)(c1ccccc1)c1ccccc1. The molecule has 6 heteroatoms. The molecular formula is C36H34N2O3S. The lowest BCUT2D eigenvalue weighted by atomic mass is 9.84. The summed E-state index contributed by atoms with van der Waals surface area (Å²) in [5, 5.41) is 3.09. The molecule has 0 aliphatic heterocycles. The predicted molar refractivity (Wildman–Crippen MR) is 170 cm³/mol. The summed E-state index contributed by atoms with van der Waals surface area (Å²) >= 11 is 1.79. The van der Waals surface area contributed by atoms with Crippen LogP contribution >= 0.6 is 11.8 Å². The molecule has 1 amide bonds. The first kappa shape index (κ1) is 29.0. The van der Waals surface area contributed by atoms with Crippen molar-refractivity contribution in [1.82, 2.24) is 10.3 Å². The van der Waals surface area contributed by atoms with Crippen LogP contribution in [0.25, 0.3) is 0 Å². The quantitative estimate of drug-likeness (QED) is 0.0977. The summed E-state index contributed by atoms with van der Waals surface area (Å²) in [6.45, 7) is 4.20. The number of aromatic amines is 1. The average Bonchev–Trinajstić information content (AvgIpc) is 3.35. The van der Waals surface area contributed by atoms with E-state index >= 15 is 0 Å². The van der Waals surface area contributed by atoms with E-state index in [9.17, 15) is 9.59 Å². The van der Waals surface area contributed by atoms with E-state index in [1.54, 1.807) is 25.6 Å². The predicted octanol–water partition coefficient (Wildman–Crippen LogP) is 7.44. The number of aryl methyl sites for hydroxylation is 1. The van der Waals surface area contributed by atoms with Crippen molar-refractivity contribution < 1.29 is 14.3 Å². The lowest BCUT2D eigenvalue weighted by Gasteiger charge is -2.35. The van der Waals surface area contributed by atoms with E-state index in [4.69, 9.17) is 4.74 Å². The highest BCUT2D eigenvalue weighted by Gasteiger charge is 2.36. The molecule has 42 heavy (non-hydrogen) atoms. The Kier molecular flexibility index (Phi) is 9.25. The van der Waals surface area contributed by atoms with Gasteiger partial charge >= 0.3 is 5.97 Å². The minimum absolute atomic E-state index is 0.169. The molecule has 0 unspecified atom stereocenters. The third-order valence-electron chi connectivity index (χ3n) is 7.33. The number of amides is 1. The highest BCUT2D eigenvalue weighted by Crippen LogP contribution is 2.48. The number of esters is 1. The number of benzene rings is 4. The zero-order valence-electron chi connectivity index (χ0n) is 23.8. The number of H-pyrrole nitrogens is 1. The molecule has 4 aromatic carbocycles. The molecule has 1 aromatic heterocycles. The summed E-state index contributed by atoms with van der Waals surface area (Å²) in [5.74, 6) is -0.0278. The van der Waals surface area contributed by atoms with Gasteiger partial charge in [0, 0.05) is 18.0 Å². The molecule has 0 atom stereocenters. The fraction of sp³-hybridized carbons (Fsp3) is 0.167. The summed E-state index contributed by atoms with van der Waals surface area (Å²) in [6.07, 6.45) is 0. The fourth-order valence-corrected chi connectivity index (χ4v) is 6.73. The number of hydrogen-bond donors (Lipinski definition) is 2. The van der Waals surface area contributed by atoms with Gasteiger partial charge in [-0.1, -0.05) is 121 Å². The van der Waals surface area contributed by atoms with E-state index in [0.717, 1.165) is 5.56 Å². The molecule has 5 nitrogen and oxygen atoms in total. The van der Waals surface area contributed by atoms with Crippen LogP contribution in [-0.4, -0.2) is 29.2 Å². The number of ether oxygens (including phenoxy) is 1. The van der Waals surface area contributed by atoms with Crippen LogP contribution in [0.3, 0.4) is 0 Å². The van der Waals surface area contributed by atoms with Crippen LogP contribution in [0.1, 0.15) is 54.4 Å².